The molecule has 3 heterocycles. The summed E-state index contributed by atoms with van der Waals surface area (Å²) in [5, 5.41) is -0.771. The summed E-state index contributed by atoms with van der Waals surface area (Å²) < 4.78 is 11.3. The molecule has 0 spiro atoms. The Labute approximate surface area is 225 Å². The number of benzene rings is 2. The number of hydrogen-bond acceptors (Lipinski definition) is 6. The number of ether oxygens (including phenoxy) is 2. The molecule has 9 nitrogen and oxygen atoms in total. The van der Waals surface area contributed by atoms with E-state index in [9.17, 15) is 19.2 Å². The van der Waals surface area contributed by atoms with Gasteiger partial charge in [-0.1, -0.05) is 30.3 Å². The number of imide groups is 1. The highest BCUT2D eigenvalue weighted by atomic mass is 16.5. The van der Waals surface area contributed by atoms with Gasteiger partial charge in [0.2, 0.25) is 25.7 Å². The van der Waals surface area contributed by atoms with E-state index < -0.39 is 10.7 Å². The molecule has 0 radical (unpaired) electrons. The summed E-state index contributed by atoms with van der Waals surface area (Å²) in [6.45, 7) is 2.36. The van der Waals surface area contributed by atoms with Crippen molar-refractivity contribution in [2.24, 2.45) is 0 Å². The molecule has 192 valence electrons. The molecule has 3 aliphatic heterocycles. The summed E-state index contributed by atoms with van der Waals surface area (Å²) in [6.07, 6.45) is 0.250. The van der Waals surface area contributed by atoms with Crippen LogP contribution in [0.3, 0.4) is 0 Å². The van der Waals surface area contributed by atoms with Gasteiger partial charge in [-0.2, -0.15) is 0 Å². The first kappa shape index (κ1) is 26.2. The maximum absolute atomic E-state index is 13.5. The highest BCUT2D eigenvalue weighted by Crippen LogP contribution is 2.43. The Morgan fingerprint density at radius 3 is 2.37 bits per heavy atom. The van der Waals surface area contributed by atoms with Gasteiger partial charge in [-0.25, -0.2) is 0 Å². The van der Waals surface area contributed by atoms with Crippen LogP contribution in [0.15, 0.2) is 42.5 Å². The molecule has 1 atom stereocenters. The molecule has 13 heteroatoms. The van der Waals surface area contributed by atoms with Crippen LogP contribution in [0.25, 0.3) is 0 Å². The van der Waals surface area contributed by atoms with Crippen LogP contribution >= 0.6 is 0 Å². The smallest absolute Gasteiger partial charge is 0.254 e. The first-order valence-corrected chi connectivity index (χ1v) is 12.8. The number of amides is 4. The second kappa shape index (κ2) is 9.69. The molecular weight excluding hydrogens is 482 g/mol. The van der Waals surface area contributed by atoms with E-state index in [1.807, 2.05) is 46.0 Å². The highest BCUT2D eigenvalue weighted by molar-refractivity contribution is 6.56. The lowest BCUT2D eigenvalue weighted by Crippen LogP contribution is -2.67. The Morgan fingerprint density at radius 2 is 1.66 bits per heavy atom. The van der Waals surface area contributed by atoms with Crippen molar-refractivity contribution in [3.05, 3.63) is 64.7 Å². The Morgan fingerprint density at radius 1 is 0.947 bits per heavy atom. The maximum atomic E-state index is 13.5. The Balaban J connectivity index is 1.29. The number of piperidine rings is 1. The lowest BCUT2D eigenvalue weighted by molar-refractivity contribution is -0.148. The molecule has 38 heavy (non-hydrogen) atoms. The standard InChI is InChI=1S/C25H29B4N3O6/c26-24(27)14-25(28,23(36)32(29)22(24)35)31-11-18-17(21(31)34)2-1-3-19(18)38-12-16-6-4-15(5-7-16)10-30-8-9-37-13-20(30)33/h1-7H,8-14,26-29H2. The van der Waals surface area contributed by atoms with Gasteiger partial charge >= 0.3 is 0 Å². The van der Waals surface area contributed by atoms with Crippen LogP contribution in [0.1, 0.15) is 33.5 Å². The van der Waals surface area contributed by atoms with Gasteiger partial charge < -0.3 is 24.1 Å². The van der Waals surface area contributed by atoms with Crippen molar-refractivity contribution in [2.45, 2.75) is 36.8 Å². The Kier molecular flexibility index (Phi) is 6.67. The maximum Gasteiger partial charge on any atom is 0.254 e. The molecule has 0 saturated carbocycles. The van der Waals surface area contributed by atoms with Gasteiger partial charge in [-0.15, -0.1) is 0 Å². The van der Waals surface area contributed by atoms with E-state index in [-0.39, 0.29) is 43.2 Å². The highest BCUT2D eigenvalue weighted by Gasteiger charge is 2.55. The molecule has 0 N–H and O–H groups in total. The van der Waals surface area contributed by atoms with Crippen LogP contribution in [0, 0.1) is 0 Å². The molecule has 0 aliphatic carbocycles. The molecule has 2 saturated heterocycles. The van der Waals surface area contributed by atoms with Gasteiger partial charge in [0.05, 0.1) is 18.6 Å². The molecule has 1 unspecified atom stereocenters. The fourth-order valence-electron chi connectivity index (χ4n) is 5.81. The van der Waals surface area contributed by atoms with Gasteiger partial charge in [0.15, 0.2) is 0 Å². The topological polar surface area (TPSA) is 96.5 Å². The summed E-state index contributed by atoms with van der Waals surface area (Å²) in [7, 11) is 6.85. The molecule has 0 bridgehead atoms. The number of carbonyl (C=O) groups is 4. The molecule has 2 aromatic carbocycles. The average molecular weight is 511 g/mol. The third-order valence-electron chi connectivity index (χ3n) is 7.83. The number of rotatable bonds is 6. The first-order chi connectivity index (χ1) is 18.0. The summed E-state index contributed by atoms with van der Waals surface area (Å²) in [5.41, 5.74) is 2.10. The third-order valence-corrected chi connectivity index (χ3v) is 7.83. The Bertz CT molecular complexity index is 1320. The minimum Gasteiger partial charge on any atom is -0.489 e. The normalized spacial score (nSPS) is 23.1. The average Bonchev–Trinajstić information content (AvgIpc) is 3.25. The van der Waals surface area contributed by atoms with Gasteiger partial charge in [-0.05, 0) is 34.9 Å². The molecule has 0 aromatic heterocycles. The predicted octanol–water partition coefficient (Wildman–Crippen LogP) is -2.40. The fourth-order valence-corrected chi connectivity index (χ4v) is 5.81. The minimum absolute atomic E-state index is 0.00391. The van der Waals surface area contributed by atoms with E-state index in [2.05, 4.69) is 0 Å². The van der Waals surface area contributed by atoms with E-state index in [1.54, 1.807) is 29.8 Å². The lowest BCUT2D eigenvalue weighted by Gasteiger charge is -2.49. The molecule has 3 aliphatic rings. The van der Waals surface area contributed by atoms with Gasteiger partial charge in [-0.3, -0.25) is 19.2 Å². The monoisotopic (exact) mass is 511 g/mol. The SMILES string of the molecule is BN1C(=O)C(B)(B)CC(B)(N2Cc3c(OCc4ccc(CN5CCOCC5=O)cc4)cccc3C2=O)C1=O. The summed E-state index contributed by atoms with van der Waals surface area (Å²) in [6, 6.07) is 13.3. The van der Waals surface area contributed by atoms with Crippen LogP contribution in [0.2, 0.25) is 5.21 Å². The van der Waals surface area contributed by atoms with E-state index in [0.717, 1.165) is 21.5 Å². The van der Waals surface area contributed by atoms with Crippen LogP contribution in [0.5, 0.6) is 5.75 Å². The van der Waals surface area contributed by atoms with Crippen molar-refractivity contribution in [3.8, 4) is 5.75 Å². The number of nitrogens with zero attached hydrogens (tertiary/aromatic N) is 3. The molecule has 4 amide bonds. The van der Waals surface area contributed by atoms with Crippen molar-refractivity contribution in [1.82, 2.24) is 14.6 Å². The van der Waals surface area contributed by atoms with Gasteiger partial charge in [0, 0.05) is 24.2 Å². The number of fused-ring (bicyclic) bond motifs is 1. The first-order valence-electron chi connectivity index (χ1n) is 12.8. The zero-order chi connectivity index (χ0) is 27.2. The summed E-state index contributed by atoms with van der Waals surface area (Å²) >= 11 is 0. The van der Waals surface area contributed by atoms with E-state index in [0.29, 0.717) is 37.6 Å². The zero-order valence-electron chi connectivity index (χ0n) is 22.3. The van der Waals surface area contributed by atoms with Crippen molar-refractivity contribution in [3.63, 3.8) is 0 Å². The summed E-state index contributed by atoms with van der Waals surface area (Å²) in [5.74, 6) is -0.255. The second-order valence-electron chi connectivity index (χ2n) is 11.2. The van der Waals surface area contributed by atoms with Gasteiger partial charge in [0.1, 0.15) is 42.5 Å². The van der Waals surface area contributed by atoms with Gasteiger partial charge in [0.25, 0.3) is 5.91 Å². The molecule has 2 fully saturated rings. The number of carbonyl (C=O) groups excluding carboxylic acids is 4. The third kappa shape index (κ3) is 4.53. The van der Waals surface area contributed by atoms with Crippen LogP contribution in [0.4, 0.5) is 0 Å². The summed E-state index contributed by atoms with van der Waals surface area (Å²) in [4.78, 5) is 55.9. The van der Waals surface area contributed by atoms with E-state index in [1.165, 1.54) is 7.98 Å². The fraction of sp³-hybridized carbons (Fsp3) is 0.360. The molecular formula is C25H29B4N3O6. The van der Waals surface area contributed by atoms with Crippen LogP contribution in [-0.2, 0) is 38.8 Å². The van der Waals surface area contributed by atoms with E-state index in [4.69, 9.17) is 9.47 Å². The number of hydrogen-bond donors (Lipinski definition) is 0. The van der Waals surface area contributed by atoms with Crippen LogP contribution < -0.4 is 4.74 Å². The molecule has 5 rings (SSSR count). The van der Waals surface area contributed by atoms with Crippen molar-refractivity contribution in [1.29, 1.82) is 0 Å². The Hall–Kier alpha value is -3.46. The number of morpholine rings is 1. The lowest BCUT2D eigenvalue weighted by atomic mass is 9.44. The largest absolute Gasteiger partial charge is 0.489 e. The zero-order valence-corrected chi connectivity index (χ0v) is 22.3. The second-order valence-corrected chi connectivity index (χ2v) is 11.2. The quantitative estimate of drug-likeness (QED) is 0.318. The van der Waals surface area contributed by atoms with Crippen molar-refractivity contribution in [2.75, 3.05) is 19.8 Å². The predicted molar refractivity (Wildman–Crippen MR) is 149 cm³/mol. The van der Waals surface area contributed by atoms with Crippen molar-refractivity contribution >= 4 is 55.1 Å². The van der Waals surface area contributed by atoms with E-state index >= 15 is 0 Å². The minimum atomic E-state index is -1.14. The molecule has 2 aromatic rings. The van der Waals surface area contributed by atoms with Crippen molar-refractivity contribution < 1.29 is 28.7 Å². The van der Waals surface area contributed by atoms with Crippen LogP contribution in [-0.4, -0.2) is 95.0 Å².